The Morgan fingerprint density at radius 1 is 1.33 bits per heavy atom. The first-order valence-electron chi connectivity index (χ1n) is 7.67. The van der Waals surface area contributed by atoms with Gasteiger partial charge in [-0.2, -0.15) is 4.98 Å². The SMILES string of the molecule is Cc1noc([C@H]2CN(C(=O)Cc3c(F)cccc3F)CCN2C)n1. The number of hydrogen-bond acceptors (Lipinski definition) is 5. The molecule has 0 bridgehead atoms. The van der Waals surface area contributed by atoms with E-state index in [1.807, 2.05) is 11.9 Å². The van der Waals surface area contributed by atoms with E-state index in [0.717, 1.165) is 12.1 Å². The van der Waals surface area contributed by atoms with Crippen LogP contribution in [0.25, 0.3) is 0 Å². The third-order valence-corrected chi connectivity index (χ3v) is 4.22. The summed E-state index contributed by atoms with van der Waals surface area (Å²) in [5.74, 6) is -0.781. The molecular formula is C16H18F2N4O2. The smallest absolute Gasteiger partial charge is 0.245 e. The van der Waals surface area contributed by atoms with E-state index in [9.17, 15) is 13.6 Å². The number of hydrogen-bond donors (Lipinski definition) is 0. The summed E-state index contributed by atoms with van der Waals surface area (Å²) < 4.78 is 32.7. The maximum Gasteiger partial charge on any atom is 0.245 e. The van der Waals surface area contributed by atoms with Crippen LogP contribution in [0.4, 0.5) is 8.78 Å². The summed E-state index contributed by atoms with van der Waals surface area (Å²) in [5.41, 5.74) is -0.202. The van der Waals surface area contributed by atoms with Gasteiger partial charge < -0.3 is 9.42 Å². The number of carbonyl (C=O) groups excluding carboxylic acids is 1. The standard InChI is InChI=1S/C16H18F2N4O2/c1-10-19-16(24-20-10)14-9-22(7-6-21(14)2)15(23)8-11-12(17)4-3-5-13(11)18/h3-5,14H,6-9H2,1-2H3/t14-/m1/s1. The number of halogens is 2. The lowest BCUT2D eigenvalue weighted by Gasteiger charge is -2.37. The third-order valence-electron chi connectivity index (χ3n) is 4.22. The van der Waals surface area contributed by atoms with Crippen LogP contribution in [0.2, 0.25) is 0 Å². The molecule has 2 heterocycles. The number of nitrogens with zero attached hydrogens (tertiary/aromatic N) is 4. The van der Waals surface area contributed by atoms with Crippen molar-refractivity contribution in [3.63, 3.8) is 0 Å². The van der Waals surface area contributed by atoms with Crippen LogP contribution in [0.3, 0.4) is 0 Å². The van der Waals surface area contributed by atoms with Gasteiger partial charge in [0.15, 0.2) is 5.82 Å². The molecule has 24 heavy (non-hydrogen) atoms. The lowest BCUT2D eigenvalue weighted by atomic mass is 10.1. The van der Waals surface area contributed by atoms with Crippen LogP contribution in [0.5, 0.6) is 0 Å². The van der Waals surface area contributed by atoms with Gasteiger partial charge in [-0.05, 0) is 26.1 Å². The molecule has 1 amide bonds. The van der Waals surface area contributed by atoms with Gasteiger partial charge in [0, 0.05) is 25.2 Å². The first-order chi connectivity index (χ1) is 11.5. The van der Waals surface area contributed by atoms with Gasteiger partial charge in [-0.15, -0.1) is 0 Å². The first kappa shape index (κ1) is 16.5. The minimum Gasteiger partial charge on any atom is -0.339 e. The molecule has 0 saturated carbocycles. The Labute approximate surface area is 138 Å². The molecule has 128 valence electrons. The van der Waals surface area contributed by atoms with Gasteiger partial charge in [0.2, 0.25) is 11.8 Å². The first-order valence-corrected chi connectivity index (χ1v) is 7.67. The molecule has 1 aliphatic rings. The summed E-state index contributed by atoms with van der Waals surface area (Å²) in [6.45, 7) is 3.15. The summed E-state index contributed by atoms with van der Waals surface area (Å²) in [6, 6.07) is 3.36. The molecule has 0 aliphatic carbocycles. The van der Waals surface area contributed by atoms with E-state index in [1.165, 1.54) is 6.07 Å². The minimum absolute atomic E-state index is 0.202. The summed E-state index contributed by atoms with van der Waals surface area (Å²) in [7, 11) is 1.91. The zero-order chi connectivity index (χ0) is 17.3. The van der Waals surface area contributed by atoms with Crippen molar-refractivity contribution in [2.75, 3.05) is 26.7 Å². The highest BCUT2D eigenvalue weighted by Gasteiger charge is 2.32. The molecule has 3 rings (SSSR count). The number of carbonyl (C=O) groups is 1. The number of amides is 1. The normalized spacial score (nSPS) is 18.8. The van der Waals surface area contributed by atoms with E-state index >= 15 is 0 Å². The fourth-order valence-corrected chi connectivity index (χ4v) is 2.78. The third kappa shape index (κ3) is 3.28. The Kier molecular flexibility index (Phi) is 4.57. The van der Waals surface area contributed by atoms with Crippen LogP contribution < -0.4 is 0 Å². The van der Waals surface area contributed by atoms with E-state index < -0.39 is 11.6 Å². The van der Waals surface area contributed by atoms with Gasteiger partial charge in [0.1, 0.15) is 17.7 Å². The zero-order valence-corrected chi connectivity index (χ0v) is 13.5. The second-order valence-corrected chi connectivity index (χ2v) is 5.89. The fraction of sp³-hybridized carbons (Fsp3) is 0.438. The van der Waals surface area contributed by atoms with Gasteiger partial charge in [0.05, 0.1) is 6.42 Å². The highest BCUT2D eigenvalue weighted by molar-refractivity contribution is 5.79. The van der Waals surface area contributed by atoms with Crippen LogP contribution in [0.1, 0.15) is 23.3 Å². The molecule has 8 heteroatoms. The molecule has 2 aromatic rings. The van der Waals surface area contributed by atoms with Crippen molar-refractivity contribution >= 4 is 5.91 Å². The van der Waals surface area contributed by atoms with E-state index in [4.69, 9.17) is 4.52 Å². The van der Waals surface area contributed by atoms with Crippen molar-refractivity contribution in [1.82, 2.24) is 19.9 Å². The van der Waals surface area contributed by atoms with Crippen molar-refractivity contribution < 1.29 is 18.1 Å². The number of aromatic nitrogens is 2. The van der Waals surface area contributed by atoms with Gasteiger partial charge in [-0.3, -0.25) is 9.69 Å². The van der Waals surface area contributed by atoms with E-state index in [2.05, 4.69) is 10.1 Å². The lowest BCUT2D eigenvalue weighted by Crippen LogP contribution is -2.49. The minimum atomic E-state index is -0.707. The van der Waals surface area contributed by atoms with Gasteiger partial charge in [-0.25, -0.2) is 8.78 Å². The van der Waals surface area contributed by atoms with Crippen molar-refractivity contribution in [1.29, 1.82) is 0 Å². The summed E-state index contributed by atoms with van der Waals surface area (Å²) in [5, 5.41) is 3.77. The highest BCUT2D eigenvalue weighted by atomic mass is 19.1. The zero-order valence-electron chi connectivity index (χ0n) is 13.5. The van der Waals surface area contributed by atoms with Crippen LogP contribution in [-0.2, 0) is 11.2 Å². The van der Waals surface area contributed by atoms with Gasteiger partial charge >= 0.3 is 0 Å². The van der Waals surface area contributed by atoms with Crippen LogP contribution in [-0.4, -0.2) is 52.5 Å². The largest absolute Gasteiger partial charge is 0.339 e. The average Bonchev–Trinajstić information content (AvgIpc) is 2.97. The predicted molar refractivity (Wildman–Crippen MR) is 81.0 cm³/mol. The van der Waals surface area contributed by atoms with Crippen LogP contribution in [0.15, 0.2) is 22.7 Å². The Balaban J connectivity index is 1.73. The quantitative estimate of drug-likeness (QED) is 0.854. The van der Waals surface area contributed by atoms with Crippen molar-refractivity contribution in [2.45, 2.75) is 19.4 Å². The summed E-state index contributed by atoms with van der Waals surface area (Å²) in [4.78, 5) is 20.3. The molecule has 0 radical (unpaired) electrons. The second-order valence-electron chi connectivity index (χ2n) is 5.89. The molecule has 0 spiro atoms. The monoisotopic (exact) mass is 336 g/mol. The number of aryl methyl sites for hydroxylation is 1. The molecule has 6 nitrogen and oxygen atoms in total. The maximum atomic E-state index is 13.7. The Hall–Kier alpha value is -2.35. The van der Waals surface area contributed by atoms with E-state index in [-0.39, 0.29) is 23.9 Å². The summed E-state index contributed by atoms with van der Waals surface area (Å²) >= 11 is 0. The van der Waals surface area contributed by atoms with Crippen molar-refractivity contribution in [3.8, 4) is 0 Å². The molecule has 1 atom stereocenters. The Morgan fingerprint density at radius 2 is 2.04 bits per heavy atom. The molecule has 0 N–H and O–H groups in total. The summed E-state index contributed by atoms with van der Waals surface area (Å²) in [6.07, 6.45) is -0.308. The highest BCUT2D eigenvalue weighted by Crippen LogP contribution is 2.23. The molecule has 0 unspecified atom stereocenters. The molecule has 1 aliphatic heterocycles. The maximum absolute atomic E-state index is 13.7. The number of benzene rings is 1. The van der Waals surface area contributed by atoms with E-state index in [1.54, 1.807) is 11.8 Å². The van der Waals surface area contributed by atoms with Crippen LogP contribution in [0, 0.1) is 18.6 Å². The molecule has 1 aromatic carbocycles. The molecule has 1 saturated heterocycles. The molecule has 1 fully saturated rings. The Bertz CT molecular complexity index is 729. The fourth-order valence-electron chi connectivity index (χ4n) is 2.78. The average molecular weight is 336 g/mol. The van der Waals surface area contributed by atoms with Crippen molar-refractivity contribution in [3.05, 3.63) is 47.1 Å². The second kappa shape index (κ2) is 6.64. The van der Waals surface area contributed by atoms with E-state index in [0.29, 0.717) is 31.3 Å². The van der Waals surface area contributed by atoms with Crippen LogP contribution >= 0.6 is 0 Å². The van der Waals surface area contributed by atoms with Gasteiger partial charge in [0.25, 0.3) is 0 Å². The molecular weight excluding hydrogens is 318 g/mol. The number of rotatable bonds is 3. The number of piperazine rings is 1. The topological polar surface area (TPSA) is 62.5 Å². The van der Waals surface area contributed by atoms with Crippen molar-refractivity contribution in [2.24, 2.45) is 0 Å². The molecule has 1 aromatic heterocycles. The predicted octanol–water partition coefficient (Wildman–Crippen LogP) is 1.71. The number of likely N-dealkylation sites (N-methyl/N-ethyl adjacent to an activating group) is 1. The lowest BCUT2D eigenvalue weighted by molar-refractivity contribution is -0.133. The van der Waals surface area contributed by atoms with Gasteiger partial charge in [-0.1, -0.05) is 11.2 Å². The Morgan fingerprint density at radius 3 is 2.67 bits per heavy atom.